The molecule has 0 saturated heterocycles. The number of rotatable bonds is 6. The predicted molar refractivity (Wildman–Crippen MR) is 74.6 cm³/mol. The predicted octanol–water partition coefficient (Wildman–Crippen LogP) is 1.65. The van der Waals surface area contributed by atoms with Crippen molar-refractivity contribution in [2.75, 3.05) is 12.3 Å². The second kappa shape index (κ2) is 6.56. The molecule has 96 valence electrons. The van der Waals surface area contributed by atoms with Crippen molar-refractivity contribution in [2.45, 2.75) is 18.0 Å². The van der Waals surface area contributed by atoms with Gasteiger partial charge in [0.05, 0.1) is 0 Å². The molecule has 0 aliphatic heterocycles. The summed E-state index contributed by atoms with van der Waals surface area (Å²) in [6.07, 6.45) is 1.91. The van der Waals surface area contributed by atoms with Gasteiger partial charge in [0.15, 0.2) is 5.16 Å². The third-order valence-electron chi connectivity index (χ3n) is 2.75. The van der Waals surface area contributed by atoms with Crippen molar-refractivity contribution in [1.29, 1.82) is 0 Å². The largest absolute Gasteiger partial charge is 0.330 e. The summed E-state index contributed by atoms with van der Waals surface area (Å²) < 4.78 is 2.06. The van der Waals surface area contributed by atoms with E-state index in [0.717, 1.165) is 29.6 Å². The lowest BCUT2D eigenvalue weighted by Gasteiger charge is -2.03. The molecule has 0 amide bonds. The van der Waals surface area contributed by atoms with Crippen molar-refractivity contribution < 1.29 is 0 Å². The molecule has 0 aliphatic rings. The first-order chi connectivity index (χ1) is 8.81. The minimum Gasteiger partial charge on any atom is -0.330 e. The molecular weight excluding hydrogens is 244 g/mol. The fourth-order valence-electron chi connectivity index (χ4n) is 1.74. The van der Waals surface area contributed by atoms with Crippen molar-refractivity contribution in [2.24, 2.45) is 12.8 Å². The van der Waals surface area contributed by atoms with Crippen LogP contribution >= 0.6 is 11.8 Å². The Balaban J connectivity index is 1.95. The second-order valence-electron chi connectivity index (χ2n) is 4.08. The summed E-state index contributed by atoms with van der Waals surface area (Å²) in [5.41, 5.74) is 6.82. The smallest absolute Gasteiger partial charge is 0.190 e. The molecule has 0 aliphatic carbocycles. The molecule has 0 radical (unpaired) electrons. The first kappa shape index (κ1) is 13.1. The molecule has 0 saturated carbocycles. The Bertz CT molecular complexity index is 481. The molecule has 2 N–H and O–H groups in total. The number of thioether (sulfide) groups is 1. The first-order valence-electron chi connectivity index (χ1n) is 6.06. The average Bonchev–Trinajstić information content (AvgIpc) is 2.76. The van der Waals surface area contributed by atoms with Gasteiger partial charge in [0.25, 0.3) is 0 Å². The van der Waals surface area contributed by atoms with Gasteiger partial charge in [-0.15, -0.1) is 10.2 Å². The molecule has 0 unspecified atom stereocenters. The van der Waals surface area contributed by atoms with Crippen molar-refractivity contribution in [3.8, 4) is 0 Å². The van der Waals surface area contributed by atoms with E-state index >= 15 is 0 Å². The SMILES string of the molecule is Cn1c(CCc2ccccc2)nnc1SCCN. The highest BCUT2D eigenvalue weighted by atomic mass is 32.2. The second-order valence-corrected chi connectivity index (χ2v) is 5.14. The van der Waals surface area contributed by atoms with Crippen LogP contribution in [0.2, 0.25) is 0 Å². The minimum absolute atomic E-state index is 0.664. The summed E-state index contributed by atoms with van der Waals surface area (Å²) in [5.74, 6) is 1.91. The van der Waals surface area contributed by atoms with E-state index < -0.39 is 0 Å². The third-order valence-corrected chi connectivity index (χ3v) is 3.81. The summed E-state index contributed by atoms with van der Waals surface area (Å²) in [5, 5.41) is 9.37. The van der Waals surface area contributed by atoms with Gasteiger partial charge in [-0.1, -0.05) is 42.1 Å². The van der Waals surface area contributed by atoms with E-state index in [0.29, 0.717) is 6.54 Å². The Hall–Kier alpha value is -1.33. The standard InChI is InChI=1S/C13H18N4S/c1-17-12(15-16-13(17)18-10-9-14)8-7-11-5-3-2-4-6-11/h2-6H,7-10,14H2,1H3. The van der Waals surface area contributed by atoms with E-state index in [9.17, 15) is 0 Å². The lowest BCUT2D eigenvalue weighted by atomic mass is 10.1. The number of nitrogens with two attached hydrogens (primary N) is 1. The zero-order valence-corrected chi connectivity index (χ0v) is 11.4. The highest BCUT2D eigenvalue weighted by Crippen LogP contribution is 2.15. The molecule has 1 heterocycles. The number of aryl methyl sites for hydroxylation is 2. The Labute approximate surface area is 112 Å². The van der Waals surface area contributed by atoms with Gasteiger partial charge in [0.1, 0.15) is 5.82 Å². The quantitative estimate of drug-likeness (QED) is 0.804. The van der Waals surface area contributed by atoms with Crippen LogP contribution in [0.25, 0.3) is 0 Å². The number of aromatic nitrogens is 3. The topological polar surface area (TPSA) is 56.7 Å². The zero-order chi connectivity index (χ0) is 12.8. The Morgan fingerprint density at radius 2 is 1.94 bits per heavy atom. The van der Waals surface area contributed by atoms with Gasteiger partial charge in [-0.05, 0) is 12.0 Å². The molecule has 1 aromatic carbocycles. The normalized spacial score (nSPS) is 10.8. The maximum absolute atomic E-state index is 5.49. The fraction of sp³-hybridized carbons (Fsp3) is 0.385. The van der Waals surface area contributed by atoms with Crippen molar-refractivity contribution >= 4 is 11.8 Å². The summed E-state index contributed by atoms with van der Waals surface area (Å²) in [4.78, 5) is 0. The number of hydrogen-bond donors (Lipinski definition) is 1. The van der Waals surface area contributed by atoms with Crippen molar-refractivity contribution in [1.82, 2.24) is 14.8 Å². The van der Waals surface area contributed by atoms with E-state index in [1.54, 1.807) is 11.8 Å². The van der Waals surface area contributed by atoms with Gasteiger partial charge in [0.2, 0.25) is 0 Å². The molecule has 18 heavy (non-hydrogen) atoms. The van der Waals surface area contributed by atoms with E-state index in [4.69, 9.17) is 5.73 Å². The molecule has 0 bridgehead atoms. The summed E-state index contributed by atoms with van der Waals surface area (Å²) in [6.45, 7) is 0.664. The van der Waals surface area contributed by atoms with Gasteiger partial charge in [-0.2, -0.15) is 0 Å². The monoisotopic (exact) mass is 262 g/mol. The molecule has 0 fully saturated rings. The molecule has 2 aromatic rings. The van der Waals surface area contributed by atoms with Crippen LogP contribution in [0, 0.1) is 0 Å². The van der Waals surface area contributed by atoms with Crippen LogP contribution in [0.15, 0.2) is 35.5 Å². The summed E-state index contributed by atoms with van der Waals surface area (Å²) >= 11 is 1.65. The Morgan fingerprint density at radius 3 is 2.67 bits per heavy atom. The average molecular weight is 262 g/mol. The molecule has 0 spiro atoms. The van der Waals surface area contributed by atoms with Gasteiger partial charge < -0.3 is 10.3 Å². The van der Waals surface area contributed by atoms with E-state index in [-0.39, 0.29) is 0 Å². The number of hydrogen-bond acceptors (Lipinski definition) is 4. The maximum Gasteiger partial charge on any atom is 0.190 e. The van der Waals surface area contributed by atoms with Gasteiger partial charge in [-0.25, -0.2) is 0 Å². The molecule has 0 atom stereocenters. The molecule has 1 aromatic heterocycles. The Kier molecular flexibility index (Phi) is 4.78. The summed E-state index contributed by atoms with van der Waals surface area (Å²) in [6, 6.07) is 10.4. The van der Waals surface area contributed by atoms with Crippen LogP contribution in [0.1, 0.15) is 11.4 Å². The van der Waals surface area contributed by atoms with Crippen molar-refractivity contribution in [3.63, 3.8) is 0 Å². The van der Waals surface area contributed by atoms with Gasteiger partial charge in [0, 0.05) is 25.8 Å². The highest BCUT2D eigenvalue weighted by molar-refractivity contribution is 7.99. The van der Waals surface area contributed by atoms with Crippen molar-refractivity contribution in [3.05, 3.63) is 41.7 Å². The minimum atomic E-state index is 0.664. The first-order valence-corrected chi connectivity index (χ1v) is 7.05. The Morgan fingerprint density at radius 1 is 1.17 bits per heavy atom. The summed E-state index contributed by atoms with van der Waals surface area (Å²) in [7, 11) is 2.01. The van der Waals surface area contributed by atoms with E-state index in [1.165, 1.54) is 5.56 Å². The number of nitrogens with zero attached hydrogens (tertiary/aromatic N) is 3. The third kappa shape index (κ3) is 3.34. The van der Waals surface area contributed by atoms with Crippen LogP contribution in [0.5, 0.6) is 0 Å². The molecular formula is C13H18N4S. The highest BCUT2D eigenvalue weighted by Gasteiger charge is 2.08. The molecule has 5 heteroatoms. The van der Waals surface area contributed by atoms with Crippen LogP contribution in [-0.2, 0) is 19.9 Å². The van der Waals surface area contributed by atoms with Gasteiger partial charge >= 0.3 is 0 Å². The molecule has 4 nitrogen and oxygen atoms in total. The zero-order valence-electron chi connectivity index (χ0n) is 10.5. The van der Waals surface area contributed by atoms with Crippen LogP contribution in [0.4, 0.5) is 0 Å². The van der Waals surface area contributed by atoms with Crippen LogP contribution in [0.3, 0.4) is 0 Å². The lowest BCUT2D eigenvalue weighted by Crippen LogP contribution is -2.04. The van der Waals surface area contributed by atoms with E-state index in [1.807, 2.05) is 13.1 Å². The molecule has 2 rings (SSSR count). The van der Waals surface area contributed by atoms with E-state index in [2.05, 4.69) is 39.0 Å². The maximum atomic E-state index is 5.49. The lowest BCUT2D eigenvalue weighted by molar-refractivity contribution is 0.723. The van der Waals surface area contributed by atoms with Crippen LogP contribution < -0.4 is 5.73 Å². The van der Waals surface area contributed by atoms with Crippen LogP contribution in [-0.4, -0.2) is 27.1 Å². The number of benzene rings is 1. The fourth-order valence-corrected chi connectivity index (χ4v) is 2.44. The van der Waals surface area contributed by atoms with Gasteiger partial charge in [-0.3, -0.25) is 0 Å².